The van der Waals surface area contributed by atoms with Gasteiger partial charge in [-0.15, -0.1) is 0 Å². The number of nitrogens with one attached hydrogen (secondary N) is 1. The maximum Gasteiger partial charge on any atom is 0.133 e. The standard InChI is InChI=1S/C14H15Cl2NO/c15-10-1-8(2-11(16)5-10)3-14-13-6-12(18)4-9(13)7-17-14/h1-2,5,9,13-14,17H,3-4,6-7H2/t9-,13-,14?/m0/s1. The second-order valence-electron chi connectivity index (χ2n) is 5.37. The second kappa shape index (κ2) is 4.84. The van der Waals surface area contributed by atoms with E-state index in [9.17, 15) is 4.79 Å². The fraction of sp³-hybridized carbons (Fsp3) is 0.500. The number of hydrogen-bond donors (Lipinski definition) is 1. The molecule has 1 aromatic carbocycles. The Morgan fingerprint density at radius 3 is 2.61 bits per heavy atom. The van der Waals surface area contributed by atoms with Gasteiger partial charge in [0.1, 0.15) is 5.78 Å². The van der Waals surface area contributed by atoms with Crippen molar-refractivity contribution >= 4 is 29.0 Å². The monoisotopic (exact) mass is 283 g/mol. The van der Waals surface area contributed by atoms with Gasteiger partial charge in [0.15, 0.2) is 0 Å². The van der Waals surface area contributed by atoms with E-state index in [4.69, 9.17) is 23.2 Å². The van der Waals surface area contributed by atoms with Crippen LogP contribution in [-0.2, 0) is 11.2 Å². The van der Waals surface area contributed by atoms with Crippen LogP contribution >= 0.6 is 23.2 Å². The minimum Gasteiger partial charge on any atom is -0.313 e. The molecule has 3 atom stereocenters. The first-order valence-corrected chi connectivity index (χ1v) is 7.07. The van der Waals surface area contributed by atoms with Crippen molar-refractivity contribution in [2.24, 2.45) is 11.8 Å². The third kappa shape index (κ3) is 2.42. The van der Waals surface area contributed by atoms with E-state index in [1.54, 1.807) is 6.07 Å². The highest BCUT2D eigenvalue weighted by Crippen LogP contribution is 2.37. The molecule has 1 aromatic rings. The highest BCUT2D eigenvalue weighted by Gasteiger charge is 2.42. The van der Waals surface area contributed by atoms with Gasteiger partial charge in [-0.3, -0.25) is 4.79 Å². The lowest BCUT2D eigenvalue weighted by molar-refractivity contribution is -0.117. The van der Waals surface area contributed by atoms with Crippen molar-refractivity contribution in [2.45, 2.75) is 25.3 Å². The number of hydrogen-bond acceptors (Lipinski definition) is 2. The normalized spacial score (nSPS) is 30.8. The van der Waals surface area contributed by atoms with Gasteiger partial charge in [0.05, 0.1) is 0 Å². The fourth-order valence-corrected chi connectivity index (χ4v) is 3.88. The zero-order valence-corrected chi connectivity index (χ0v) is 11.5. The van der Waals surface area contributed by atoms with Crippen LogP contribution in [0, 0.1) is 11.8 Å². The molecule has 2 fully saturated rings. The molecule has 1 heterocycles. The molecule has 2 aliphatic rings. The first-order valence-electron chi connectivity index (χ1n) is 6.32. The van der Waals surface area contributed by atoms with Crippen molar-refractivity contribution in [3.8, 4) is 0 Å². The molecule has 0 radical (unpaired) electrons. The molecule has 1 saturated carbocycles. The Balaban J connectivity index is 1.75. The Morgan fingerprint density at radius 2 is 1.89 bits per heavy atom. The molecular weight excluding hydrogens is 269 g/mol. The van der Waals surface area contributed by atoms with Crippen LogP contribution in [-0.4, -0.2) is 18.4 Å². The number of Topliss-reactive ketones (excluding diaryl/α,β-unsaturated/α-hetero) is 1. The molecule has 1 aliphatic carbocycles. The van der Waals surface area contributed by atoms with Crippen molar-refractivity contribution in [2.75, 3.05) is 6.54 Å². The molecule has 1 aliphatic heterocycles. The lowest BCUT2D eigenvalue weighted by atomic mass is 9.90. The molecule has 0 bridgehead atoms. The number of rotatable bonds is 2. The van der Waals surface area contributed by atoms with Crippen LogP contribution in [0.25, 0.3) is 0 Å². The Bertz CT molecular complexity index is 468. The van der Waals surface area contributed by atoms with E-state index in [-0.39, 0.29) is 0 Å². The summed E-state index contributed by atoms with van der Waals surface area (Å²) in [6.45, 7) is 0.968. The van der Waals surface area contributed by atoms with Crippen LogP contribution in [0.1, 0.15) is 18.4 Å². The largest absolute Gasteiger partial charge is 0.313 e. The Kier molecular flexibility index (Phi) is 3.35. The zero-order chi connectivity index (χ0) is 12.7. The highest BCUT2D eigenvalue weighted by molar-refractivity contribution is 6.34. The van der Waals surface area contributed by atoms with Gasteiger partial charge in [0.25, 0.3) is 0 Å². The van der Waals surface area contributed by atoms with Gasteiger partial charge < -0.3 is 5.32 Å². The zero-order valence-electron chi connectivity index (χ0n) is 9.96. The van der Waals surface area contributed by atoms with Gasteiger partial charge in [-0.05, 0) is 48.6 Å². The number of ketones is 1. The molecular formula is C14H15Cl2NO. The predicted octanol–water partition coefficient (Wildman–Crippen LogP) is 3.10. The maximum absolute atomic E-state index is 11.5. The topological polar surface area (TPSA) is 29.1 Å². The molecule has 3 rings (SSSR count). The Morgan fingerprint density at radius 1 is 1.17 bits per heavy atom. The molecule has 0 amide bonds. The third-order valence-corrected chi connectivity index (χ3v) is 4.53. The molecule has 4 heteroatoms. The van der Waals surface area contributed by atoms with Gasteiger partial charge in [-0.1, -0.05) is 23.2 Å². The van der Waals surface area contributed by atoms with Crippen molar-refractivity contribution in [1.29, 1.82) is 0 Å². The molecule has 1 N–H and O–H groups in total. The van der Waals surface area contributed by atoms with Gasteiger partial charge in [-0.2, -0.15) is 0 Å². The van der Waals surface area contributed by atoms with Crippen LogP contribution < -0.4 is 5.32 Å². The molecule has 0 spiro atoms. The highest BCUT2D eigenvalue weighted by atomic mass is 35.5. The van der Waals surface area contributed by atoms with Crippen LogP contribution in [0.2, 0.25) is 10.0 Å². The van der Waals surface area contributed by atoms with E-state index >= 15 is 0 Å². The quantitative estimate of drug-likeness (QED) is 0.904. The summed E-state index contributed by atoms with van der Waals surface area (Å²) in [5.74, 6) is 1.45. The minimum atomic E-state index is 0.385. The lowest BCUT2D eigenvalue weighted by Crippen LogP contribution is -2.29. The summed E-state index contributed by atoms with van der Waals surface area (Å²) >= 11 is 12.0. The maximum atomic E-state index is 11.5. The smallest absolute Gasteiger partial charge is 0.133 e. The summed E-state index contributed by atoms with van der Waals surface area (Å²) in [5, 5.41) is 4.88. The van der Waals surface area contributed by atoms with Gasteiger partial charge in [0.2, 0.25) is 0 Å². The molecule has 1 unspecified atom stereocenters. The van der Waals surface area contributed by atoms with Gasteiger partial charge in [-0.25, -0.2) is 0 Å². The summed E-state index contributed by atoms with van der Waals surface area (Å²) < 4.78 is 0. The summed E-state index contributed by atoms with van der Waals surface area (Å²) in [4.78, 5) is 11.5. The van der Waals surface area contributed by atoms with Crippen molar-refractivity contribution in [3.05, 3.63) is 33.8 Å². The fourth-order valence-electron chi connectivity index (χ4n) is 3.31. The average Bonchev–Trinajstić information content (AvgIpc) is 2.78. The number of benzene rings is 1. The number of carbonyl (C=O) groups is 1. The number of carbonyl (C=O) groups excluding carboxylic acids is 1. The molecule has 0 aromatic heterocycles. The van der Waals surface area contributed by atoms with E-state index < -0.39 is 0 Å². The predicted molar refractivity (Wildman–Crippen MR) is 73.2 cm³/mol. The Labute approximate surface area is 117 Å². The lowest BCUT2D eigenvalue weighted by Gasteiger charge is -2.17. The minimum absolute atomic E-state index is 0.385. The van der Waals surface area contributed by atoms with Crippen LogP contribution in [0.15, 0.2) is 18.2 Å². The summed E-state index contributed by atoms with van der Waals surface area (Å²) in [7, 11) is 0. The second-order valence-corrected chi connectivity index (χ2v) is 6.24. The summed E-state index contributed by atoms with van der Waals surface area (Å²) in [6.07, 6.45) is 2.38. The van der Waals surface area contributed by atoms with Crippen LogP contribution in [0.5, 0.6) is 0 Å². The molecule has 18 heavy (non-hydrogen) atoms. The van der Waals surface area contributed by atoms with E-state index in [1.165, 1.54) is 0 Å². The SMILES string of the molecule is O=C1C[C@H]2CNC(Cc3cc(Cl)cc(Cl)c3)[C@H]2C1. The molecule has 1 saturated heterocycles. The first-order chi connectivity index (χ1) is 8.61. The molecule has 96 valence electrons. The van der Waals surface area contributed by atoms with Crippen molar-refractivity contribution in [3.63, 3.8) is 0 Å². The third-order valence-electron chi connectivity index (χ3n) is 4.10. The van der Waals surface area contributed by atoms with Crippen molar-refractivity contribution < 1.29 is 4.79 Å². The van der Waals surface area contributed by atoms with E-state index in [0.29, 0.717) is 33.7 Å². The van der Waals surface area contributed by atoms with E-state index in [2.05, 4.69) is 5.32 Å². The summed E-state index contributed by atoms with van der Waals surface area (Å²) in [5.41, 5.74) is 1.14. The van der Waals surface area contributed by atoms with Crippen LogP contribution in [0.4, 0.5) is 0 Å². The Hall–Kier alpha value is -0.570. The first kappa shape index (κ1) is 12.5. The average molecular weight is 284 g/mol. The molecule has 2 nitrogen and oxygen atoms in total. The van der Waals surface area contributed by atoms with E-state index in [1.807, 2.05) is 12.1 Å². The van der Waals surface area contributed by atoms with Crippen molar-refractivity contribution in [1.82, 2.24) is 5.32 Å². The van der Waals surface area contributed by atoms with E-state index in [0.717, 1.165) is 31.4 Å². The van der Waals surface area contributed by atoms with Gasteiger partial charge >= 0.3 is 0 Å². The van der Waals surface area contributed by atoms with Gasteiger partial charge in [0, 0.05) is 28.9 Å². The summed E-state index contributed by atoms with van der Waals surface area (Å²) in [6, 6.07) is 6.05. The number of fused-ring (bicyclic) bond motifs is 1. The number of halogens is 2. The van der Waals surface area contributed by atoms with Crippen LogP contribution in [0.3, 0.4) is 0 Å².